The molecule has 0 atom stereocenters. The lowest BCUT2D eigenvalue weighted by Crippen LogP contribution is -2.10. The number of alkyl halides is 2. The van der Waals surface area contributed by atoms with E-state index in [4.69, 9.17) is 16.7 Å². The van der Waals surface area contributed by atoms with Crippen LogP contribution in [-0.2, 0) is 13.0 Å². The van der Waals surface area contributed by atoms with Gasteiger partial charge in [0.2, 0.25) is 0 Å². The highest BCUT2D eigenvalue weighted by Crippen LogP contribution is 2.34. The minimum atomic E-state index is -2.60. The van der Waals surface area contributed by atoms with Crippen molar-refractivity contribution in [2.75, 3.05) is 0 Å². The van der Waals surface area contributed by atoms with Crippen molar-refractivity contribution < 1.29 is 8.78 Å². The Hall–Kier alpha value is -3.20. The maximum absolute atomic E-state index is 12.9. The molecule has 4 aromatic heterocycles. The van der Waals surface area contributed by atoms with Gasteiger partial charge in [0.05, 0.1) is 27.8 Å². The molecule has 0 aliphatic heterocycles. The van der Waals surface area contributed by atoms with E-state index in [2.05, 4.69) is 20.1 Å². The predicted octanol–water partition coefficient (Wildman–Crippen LogP) is 5.44. The van der Waals surface area contributed by atoms with Crippen molar-refractivity contribution in [2.24, 2.45) is 5.92 Å². The number of halogens is 3. The Morgan fingerprint density at radius 2 is 1.88 bits per heavy atom. The van der Waals surface area contributed by atoms with Crippen LogP contribution in [0.25, 0.3) is 17.1 Å². The molecule has 0 saturated heterocycles. The number of aryl methyl sites for hydroxylation is 1. The van der Waals surface area contributed by atoms with Gasteiger partial charge in [0, 0.05) is 36.5 Å². The van der Waals surface area contributed by atoms with Crippen molar-refractivity contribution in [3.63, 3.8) is 0 Å². The predicted molar refractivity (Wildman–Crippen MR) is 124 cm³/mol. The van der Waals surface area contributed by atoms with E-state index < -0.39 is 6.43 Å². The second-order valence-electron chi connectivity index (χ2n) is 8.76. The van der Waals surface area contributed by atoms with Gasteiger partial charge in [0.1, 0.15) is 12.0 Å². The molecule has 0 amide bonds. The molecule has 0 radical (unpaired) electrons. The van der Waals surface area contributed by atoms with Gasteiger partial charge in [0.25, 0.3) is 6.43 Å². The summed E-state index contributed by atoms with van der Waals surface area (Å²) in [6, 6.07) is 4.92. The molecule has 4 heterocycles. The first kappa shape index (κ1) is 22.6. The molecule has 1 aliphatic rings. The molecule has 5 rings (SSSR count). The second kappa shape index (κ2) is 8.87. The number of hydrogen-bond acceptors (Lipinski definition) is 5. The Labute approximate surface area is 200 Å². The smallest absolute Gasteiger partial charge is 0.268 e. The molecular formula is C24H24ClF2N7. The number of rotatable bonds is 7. The summed E-state index contributed by atoms with van der Waals surface area (Å²) in [6.07, 6.45) is 3.33. The summed E-state index contributed by atoms with van der Waals surface area (Å²) in [5.41, 5.74) is 5.65. The quantitative estimate of drug-likeness (QED) is 0.350. The maximum Gasteiger partial charge on any atom is 0.280 e. The van der Waals surface area contributed by atoms with Crippen LogP contribution in [0, 0.1) is 26.7 Å². The Bertz CT molecular complexity index is 1340. The molecule has 0 spiro atoms. The fourth-order valence-electron chi connectivity index (χ4n) is 4.07. The van der Waals surface area contributed by atoms with E-state index in [1.165, 1.54) is 31.4 Å². The van der Waals surface area contributed by atoms with Crippen molar-refractivity contribution >= 4 is 11.6 Å². The third kappa shape index (κ3) is 4.32. The fourth-order valence-corrected chi connectivity index (χ4v) is 4.19. The van der Waals surface area contributed by atoms with Crippen LogP contribution in [-0.4, -0.2) is 34.5 Å². The molecule has 1 saturated carbocycles. The van der Waals surface area contributed by atoms with Gasteiger partial charge in [-0.1, -0.05) is 11.6 Å². The Kier molecular flexibility index (Phi) is 5.89. The van der Waals surface area contributed by atoms with Crippen LogP contribution in [0.5, 0.6) is 0 Å². The average molecular weight is 484 g/mol. The van der Waals surface area contributed by atoms with Gasteiger partial charge >= 0.3 is 0 Å². The van der Waals surface area contributed by atoms with E-state index in [0.717, 1.165) is 46.1 Å². The molecule has 1 fully saturated rings. The summed E-state index contributed by atoms with van der Waals surface area (Å²) in [7, 11) is 0. The van der Waals surface area contributed by atoms with E-state index in [1.807, 2.05) is 31.5 Å². The number of hydrogen-bond donors (Lipinski definition) is 0. The summed E-state index contributed by atoms with van der Waals surface area (Å²) in [4.78, 5) is 12.8. The number of aromatic nitrogens is 7. The Morgan fingerprint density at radius 1 is 1.09 bits per heavy atom. The standard InChI is InChI=1S/C24H24ClF2N7/c1-13-20(8-18-9-21(30-12-29-18)34-15(3)22(25)14(2)31-34)33(11-16-4-5-16)32-23(13)17-6-7-19(24(26)27)28-10-17/h6-7,9-10,12,16,24H,4-5,8,11H2,1-3H3. The van der Waals surface area contributed by atoms with Crippen LogP contribution < -0.4 is 0 Å². The molecule has 0 aromatic carbocycles. The van der Waals surface area contributed by atoms with Crippen molar-refractivity contribution in [3.05, 3.63) is 69.8 Å². The van der Waals surface area contributed by atoms with Crippen molar-refractivity contribution in [2.45, 2.75) is 53.0 Å². The monoisotopic (exact) mass is 483 g/mol. The molecule has 1 aliphatic carbocycles. The summed E-state index contributed by atoms with van der Waals surface area (Å²) >= 11 is 6.32. The van der Waals surface area contributed by atoms with Crippen LogP contribution >= 0.6 is 11.6 Å². The summed E-state index contributed by atoms with van der Waals surface area (Å²) in [5.74, 6) is 1.26. The topological polar surface area (TPSA) is 74.3 Å². The summed E-state index contributed by atoms with van der Waals surface area (Å²) in [6.45, 7) is 6.59. The first-order valence-corrected chi connectivity index (χ1v) is 11.5. The Balaban J connectivity index is 1.50. The molecule has 34 heavy (non-hydrogen) atoms. The lowest BCUT2D eigenvalue weighted by Gasteiger charge is -2.09. The largest absolute Gasteiger partial charge is 0.280 e. The summed E-state index contributed by atoms with van der Waals surface area (Å²) in [5, 5.41) is 9.96. The average Bonchev–Trinajstić information content (AvgIpc) is 3.56. The van der Waals surface area contributed by atoms with E-state index in [-0.39, 0.29) is 5.69 Å². The van der Waals surface area contributed by atoms with Crippen molar-refractivity contribution in [1.29, 1.82) is 0 Å². The zero-order chi connectivity index (χ0) is 24.0. The van der Waals surface area contributed by atoms with Gasteiger partial charge in [-0.3, -0.25) is 9.67 Å². The van der Waals surface area contributed by atoms with Gasteiger partial charge in [0.15, 0.2) is 5.82 Å². The third-order valence-corrected chi connectivity index (χ3v) is 6.76. The number of nitrogens with zero attached hydrogens (tertiary/aromatic N) is 7. The molecular weight excluding hydrogens is 460 g/mol. The van der Waals surface area contributed by atoms with Gasteiger partial charge in [-0.05, 0) is 57.2 Å². The molecule has 0 N–H and O–H groups in total. The highest BCUT2D eigenvalue weighted by molar-refractivity contribution is 6.31. The normalized spacial score (nSPS) is 13.7. The van der Waals surface area contributed by atoms with Crippen molar-refractivity contribution in [1.82, 2.24) is 34.5 Å². The molecule has 7 nitrogen and oxygen atoms in total. The lowest BCUT2D eigenvalue weighted by molar-refractivity contribution is 0.146. The highest BCUT2D eigenvalue weighted by atomic mass is 35.5. The molecule has 0 bridgehead atoms. The zero-order valence-electron chi connectivity index (χ0n) is 19.1. The van der Waals surface area contributed by atoms with E-state index in [9.17, 15) is 8.78 Å². The van der Waals surface area contributed by atoms with E-state index in [0.29, 0.717) is 23.2 Å². The van der Waals surface area contributed by atoms with Gasteiger partial charge < -0.3 is 0 Å². The fraction of sp³-hybridized carbons (Fsp3) is 0.375. The number of pyridine rings is 1. The molecule has 4 aromatic rings. The molecule has 10 heteroatoms. The van der Waals surface area contributed by atoms with Crippen molar-refractivity contribution in [3.8, 4) is 17.1 Å². The third-order valence-electron chi connectivity index (χ3n) is 6.21. The Morgan fingerprint density at radius 3 is 2.50 bits per heavy atom. The lowest BCUT2D eigenvalue weighted by atomic mass is 10.1. The van der Waals surface area contributed by atoms with Gasteiger partial charge in [-0.25, -0.2) is 23.4 Å². The second-order valence-corrected chi connectivity index (χ2v) is 9.14. The van der Waals surface area contributed by atoms with Crippen LogP contribution in [0.4, 0.5) is 8.78 Å². The molecule has 0 unspecified atom stereocenters. The highest BCUT2D eigenvalue weighted by Gasteiger charge is 2.26. The minimum Gasteiger partial charge on any atom is -0.268 e. The van der Waals surface area contributed by atoms with Crippen LogP contribution in [0.15, 0.2) is 30.7 Å². The van der Waals surface area contributed by atoms with E-state index in [1.54, 1.807) is 10.7 Å². The van der Waals surface area contributed by atoms with E-state index >= 15 is 0 Å². The van der Waals surface area contributed by atoms with Crippen LogP contribution in [0.1, 0.15) is 53.3 Å². The zero-order valence-corrected chi connectivity index (χ0v) is 19.9. The summed E-state index contributed by atoms with van der Waals surface area (Å²) < 4.78 is 29.6. The van der Waals surface area contributed by atoms with Gasteiger partial charge in [-0.2, -0.15) is 10.2 Å². The minimum absolute atomic E-state index is 0.239. The van der Waals surface area contributed by atoms with Gasteiger partial charge in [-0.15, -0.1) is 0 Å². The first-order valence-electron chi connectivity index (χ1n) is 11.2. The van der Waals surface area contributed by atoms with Crippen LogP contribution in [0.2, 0.25) is 5.02 Å². The molecule has 176 valence electrons. The first-order chi connectivity index (χ1) is 16.3. The SMILES string of the molecule is Cc1nn(-c2cc(Cc3c(C)c(-c4ccc(C(F)F)nc4)nn3CC3CC3)ncn2)c(C)c1Cl. The maximum atomic E-state index is 12.9. The van der Waals surface area contributed by atoms with Crippen LogP contribution in [0.3, 0.4) is 0 Å².